The number of fused-ring (bicyclic) bond motifs is 1. The minimum Gasteiger partial charge on any atom is -0.457 e. The molecule has 6 heteroatoms. The highest BCUT2D eigenvalue weighted by Gasteiger charge is 2.16. The topological polar surface area (TPSA) is 65.7 Å². The standard InChI is InChI=1S/C24H15FO5/c25-18-12-9-16(10-13-18)11-14-22(26)29-19-6-1-4-17-5-2-7-20(23(17)19)30-24(27)21-8-3-15-28-21/h1-15H/b14-11+. The van der Waals surface area contributed by atoms with Crippen LogP contribution < -0.4 is 9.47 Å². The highest BCUT2D eigenvalue weighted by atomic mass is 19.1. The van der Waals surface area contributed by atoms with E-state index in [9.17, 15) is 14.0 Å². The normalized spacial score (nSPS) is 11.0. The number of furan rings is 1. The summed E-state index contributed by atoms with van der Waals surface area (Å²) in [5, 5.41) is 1.20. The first-order valence-electron chi connectivity index (χ1n) is 9.03. The molecule has 1 heterocycles. The maximum Gasteiger partial charge on any atom is 0.379 e. The second-order valence-electron chi connectivity index (χ2n) is 6.28. The Kier molecular flexibility index (Phi) is 5.39. The largest absolute Gasteiger partial charge is 0.457 e. The second-order valence-corrected chi connectivity index (χ2v) is 6.28. The minimum atomic E-state index is -0.662. The molecule has 0 spiro atoms. The molecule has 0 aliphatic rings. The van der Waals surface area contributed by atoms with Crippen molar-refractivity contribution in [1.29, 1.82) is 0 Å². The predicted octanol–water partition coefficient (Wildman–Crippen LogP) is 5.41. The van der Waals surface area contributed by atoms with E-state index < -0.39 is 11.9 Å². The molecule has 0 radical (unpaired) electrons. The SMILES string of the molecule is O=C(/C=C/c1ccc(F)cc1)Oc1cccc2cccc(OC(=O)c3ccco3)c12. The summed E-state index contributed by atoms with van der Waals surface area (Å²) < 4.78 is 29.0. The van der Waals surface area contributed by atoms with E-state index >= 15 is 0 Å². The van der Waals surface area contributed by atoms with Gasteiger partial charge in [0, 0.05) is 6.08 Å². The van der Waals surface area contributed by atoms with Gasteiger partial charge in [-0.1, -0.05) is 36.4 Å². The molecular formula is C24H15FO5. The van der Waals surface area contributed by atoms with Crippen molar-refractivity contribution in [3.63, 3.8) is 0 Å². The van der Waals surface area contributed by atoms with Crippen molar-refractivity contribution < 1.29 is 27.9 Å². The van der Waals surface area contributed by atoms with Gasteiger partial charge in [-0.15, -0.1) is 0 Å². The average Bonchev–Trinajstić information content (AvgIpc) is 3.29. The van der Waals surface area contributed by atoms with E-state index in [1.807, 2.05) is 12.1 Å². The summed E-state index contributed by atoms with van der Waals surface area (Å²) in [5.74, 6) is -1.11. The third kappa shape index (κ3) is 4.28. The van der Waals surface area contributed by atoms with Gasteiger partial charge >= 0.3 is 11.9 Å². The van der Waals surface area contributed by atoms with Gasteiger partial charge in [0.05, 0.1) is 11.6 Å². The predicted molar refractivity (Wildman–Crippen MR) is 109 cm³/mol. The lowest BCUT2D eigenvalue weighted by Gasteiger charge is -2.11. The second kappa shape index (κ2) is 8.45. The van der Waals surface area contributed by atoms with Crippen molar-refractivity contribution in [2.75, 3.05) is 0 Å². The molecule has 30 heavy (non-hydrogen) atoms. The summed E-state index contributed by atoms with van der Waals surface area (Å²) in [7, 11) is 0. The fourth-order valence-corrected chi connectivity index (χ4v) is 2.87. The molecule has 5 nitrogen and oxygen atoms in total. The monoisotopic (exact) mass is 402 g/mol. The maximum absolute atomic E-state index is 13.0. The van der Waals surface area contributed by atoms with Gasteiger partial charge in [-0.3, -0.25) is 0 Å². The summed E-state index contributed by atoms with van der Waals surface area (Å²) >= 11 is 0. The van der Waals surface area contributed by atoms with Crippen molar-refractivity contribution in [2.45, 2.75) is 0 Å². The molecule has 0 atom stereocenters. The van der Waals surface area contributed by atoms with Crippen LogP contribution in [0.2, 0.25) is 0 Å². The summed E-state index contributed by atoms with van der Waals surface area (Å²) in [5.41, 5.74) is 0.652. The Morgan fingerprint density at radius 1 is 0.833 bits per heavy atom. The quantitative estimate of drug-likeness (QED) is 0.254. The lowest BCUT2D eigenvalue weighted by molar-refractivity contribution is -0.128. The summed E-state index contributed by atoms with van der Waals surface area (Å²) in [4.78, 5) is 24.6. The number of ether oxygens (including phenoxy) is 2. The highest BCUT2D eigenvalue weighted by Crippen LogP contribution is 2.34. The molecule has 0 fully saturated rings. The molecule has 0 saturated heterocycles. The number of benzene rings is 3. The van der Waals surface area contributed by atoms with Crippen molar-refractivity contribution >= 4 is 28.8 Å². The zero-order valence-electron chi connectivity index (χ0n) is 15.6. The van der Waals surface area contributed by atoms with E-state index in [4.69, 9.17) is 13.9 Å². The lowest BCUT2D eigenvalue weighted by Crippen LogP contribution is -2.08. The zero-order valence-corrected chi connectivity index (χ0v) is 15.6. The zero-order chi connectivity index (χ0) is 20.9. The van der Waals surface area contributed by atoms with Crippen LogP contribution in [0.15, 0.2) is 89.6 Å². The molecule has 0 aliphatic carbocycles. The molecule has 0 N–H and O–H groups in total. The van der Waals surface area contributed by atoms with Gasteiger partial charge in [-0.25, -0.2) is 14.0 Å². The number of carbonyl (C=O) groups excluding carboxylic acids is 2. The third-order valence-corrected chi connectivity index (χ3v) is 4.25. The molecule has 3 aromatic carbocycles. The highest BCUT2D eigenvalue weighted by molar-refractivity contribution is 5.99. The maximum atomic E-state index is 13.0. The first kappa shape index (κ1) is 19.1. The van der Waals surface area contributed by atoms with Crippen LogP contribution in [0.3, 0.4) is 0 Å². The molecule has 0 amide bonds. The van der Waals surface area contributed by atoms with Gasteiger partial charge in [0.2, 0.25) is 5.76 Å². The minimum absolute atomic E-state index is 0.0590. The van der Waals surface area contributed by atoms with Crippen LogP contribution in [0.25, 0.3) is 16.8 Å². The molecule has 0 saturated carbocycles. The Labute approximate surface area is 171 Å². The van der Waals surface area contributed by atoms with Crippen molar-refractivity contribution in [1.82, 2.24) is 0 Å². The molecule has 1 aromatic heterocycles. The van der Waals surface area contributed by atoms with E-state index in [-0.39, 0.29) is 23.1 Å². The molecule has 0 aliphatic heterocycles. The smallest absolute Gasteiger partial charge is 0.379 e. The van der Waals surface area contributed by atoms with Crippen LogP contribution in [0, 0.1) is 5.82 Å². The molecule has 4 aromatic rings. The molecule has 148 valence electrons. The van der Waals surface area contributed by atoms with E-state index in [0.717, 1.165) is 5.39 Å². The van der Waals surface area contributed by atoms with Crippen molar-refractivity contribution in [3.05, 3.63) is 102 Å². The lowest BCUT2D eigenvalue weighted by atomic mass is 10.1. The van der Waals surface area contributed by atoms with E-state index in [1.165, 1.54) is 36.6 Å². The van der Waals surface area contributed by atoms with Crippen molar-refractivity contribution in [2.24, 2.45) is 0 Å². The van der Waals surface area contributed by atoms with Crippen LogP contribution in [0.4, 0.5) is 4.39 Å². The Bertz CT molecular complexity index is 1220. The van der Waals surface area contributed by atoms with Gasteiger partial charge < -0.3 is 13.9 Å². The third-order valence-electron chi connectivity index (χ3n) is 4.25. The number of hydrogen-bond donors (Lipinski definition) is 0. The van der Waals surface area contributed by atoms with E-state index in [0.29, 0.717) is 10.9 Å². The number of esters is 2. The molecular weight excluding hydrogens is 387 g/mol. The Morgan fingerprint density at radius 2 is 1.53 bits per heavy atom. The van der Waals surface area contributed by atoms with Crippen LogP contribution in [0.5, 0.6) is 11.5 Å². The molecule has 0 bridgehead atoms. The van der Waals surface area contributed by atoms with Gasteiger partial charge in [0.25, 0.3) is 0 Å². The van der Waals surface area contributed by atoms with Gasteiger partial charge in [0.1, 0.15) is 17.3 Å². The van der Waals surface area contributed by atoms with Gasteiger partial charge in [0.15, 0.2) is 0 Å². The van der Waals surface area contributed by atoms with Gasteiger partial charge in [-0.2, -0.15) is 0 Å². The average molecular weight is 402 g/mol. The fraction of sp³-hybridized carbons (Fsp3) is 0. The number of hydrogen-bond acceptors (Lipinski definition) is 5. The first-order chi connectivity index (χ1) is 14.6. The Morgan fingerprint density at radius 3 is 2.20 bits per heavy atom. The number of carbonyl (C=O) groups is 2. The summed E-state index contributed by atoms with van der Waals surface area (Å²) in [6.45, 7) is 0. The summed E-state index contributed by atoms with van der Waals surface area (Å²) in [6.07, 6.45) is 4.13. The Balaban J connectivity index is 1.60. The molecule has 0 unspecified atom stereocenters. The van der Waals surface area contributed by atoms with E-state index in [1.54, 1.807) is 42.5 Å². The molecule has 4 rings (SSSR count). The van der Waals surface area contributed by atoms with Crippen LogP contribution in [-0.4, -0.2) is 11.9 Å². The fourth-order valence-electron chi connectivity index (χ4n) is 2.87. The van der Waals surface area contributed by atoms with Crippen LogP contribution in [0.1, 0.15) is 16.1 Å². The van der Waals surface area contributed by atoms with Crippen LogP contribution in [-0.2, 0) is 4.79 Å². The number of halogens is 1. The first-order valence-corrected chi connectivity index (χ1v) is 9.03. The van der Waals surface area contributed by atoms with Gasteiger partial charge in [-0.05, 0) is 53.4 Å². The summed E-state index contributed by atoms with van der Waals surface area (Å²) in [6, 6.07) is 19.1. The van der Waals surface area contributed by atoms with Crippen molar-refractivity contribution in [3.8, 4) is 11.5 Å². The van der Waals surface area contributed by atoms with Crippen LogP contribution >= 0.6 is 0 Å². The van der Waals surface area contributed by atoms with E-state index in [2.05, 4.69) is 0 Å². The number of rotatable bonds is 5. The Hall–Kier alpha value is -4.19.